The van der Waals surface area contributed by atoms with Gasteiger partial charge in [0.2, 0.25) is 0 Å². The summed E-state index contributed by atoms with van der Waals surface area (Å²) in [6.07, 6.45) is 9.72. The van der Waals surface area contributed by atoms with Crippen LogP contribution in [-0.2, 0) is 4.74 Å². The fraction of sp³-hybridized carbons (Fsp3) is 0.524. The van der Waals surface area contributed by atoms with Crippen LogP contribution in [0.15, 0.2) is 12.1 Å². The summed E-state index contributed by atoms with van der Waals surface area (Å²) in [6.45, 7) is 2.25. The highest BCUT2D eigenvalue weighted by atomic mass is 16.5. The molecule has 0 saturated carbocycles. The number of carbonyl (C=O) groups excluding carboxylic acids is 1. The first-order valence-corrected chi connectivity index (χ1v) is 9.84. The minimum absolute atomic E-state index is 0.0802. The predicted octanol–water partition coefficient (Wildman–Crippen LogP) is 4.47. The van der Waals surface area contributed by atoms with Crippen molar-refractivity contribution in [3.63, 3.8) is 0 Å². The van der Waals surface area contributed by atoms with Gasteiger partial charge in [0.15, 0.2) is 0 Å². The summed E-state index contributed by atoms with van der Waals surface area (Å²) in [7, 11) is 0. The van der Waals surface area contributed by atoms with E-state index in [1.165, 1.54) is 32.1 Å². The number of aromatic carboxylic acids is 3. The molecule has 0 atom stereocenters. The van der Waals surface area contributed by atoms with Gasteiger partial charge in [-0.2, -0.15) is 0 Å². The second-order valence-corrected chi connectivity index (χ2v) is 6.82. The van der Waals surface area contributed by atoms with E-state index in [0.29, 0.717) is 12.5 Å². The van der Waals surface area contributed by atoms with Crippen LogP contribution in [0.4, 0.5) is 0 Å². The molecular weight excluding hydrogens is 380 g/mol. The lowest BCUT2D eigenvalue weighted by Gasteiger charge is -2.10. The van der Waals surface area contributed by atoms with Crippen molar-refractivity contribution >= 4 is 23.9 Å². The Morgan fingerprint density at radius 2 is 1.03 bits per heavy atom. The highest BCUT2D eigenvalue weighted by molar-refractivity contribution is 6.09. The van der Waals surface area contributed by atoms with Gasteiger partial charge in [0.1, 0.15) is 0 Å². The summed E-state index contributed by atoms with van der Waals surface area (Å²) < 4.78 is 5.07. The topological polar surface area (TPSA) is 138 Å². The van der Waals surface area contributed by atoms with Crippen LogP contribution >= 0.6 is 0 Å². The van der Waals surface area contributed by atoms with E-state index in [4.69, 9.17) is 14.9 Å². The van der Waals surface area contributed by atoms with Gasteiger partial charge in [-0.25, -0.2) is 19.2 Å². The van der Waals surface area contributed by atoms with E-state index in [-0.39, 0.29) is 6.61 Å². The molecule has 160 valence electrons. The second-order valence-electron chi connectivity index (χ2n) is 6.82. The van der Waals surface area contributed by atoms with E-state index < -0.39 is 46.1 Å². The number of hydrogen-bond donors (Lipinski definition) is 3. The fourth-order valence-electron chi connectivity index (χ4n) is 2.95. The molecule has 0 saturated heterocycles. The molecule has 0 aliphatic heterocycles. The molecule has 1 aromatic carbocycles. The van der Waals surface area contributed by atoms with E-state index in [1.54, 1.807) is 0 Å². The molecule has 0 radical (unpaired) electrons. The third-order valence-electron chi connectivity index (χ3n) is 4.55. The van der Waals surface area contributed by atoms with E-state index in [0.717, 1.165) is 25.3 Å². The van der Waals surface area contributed by atoms with Gasteiger partial charge in [-0.3, -0.25) is 0 Å². The van der Waals surface area contributed by atoms with Gasteiger partial charge in [-0.15, -0.1) is 0 Å². The van der Waals surface area contributed by atoms with E-state index in [9.17, 15) is 24.3 Å². The SMILES string of the molecule is CCCCCCCCCCCOC(=O)c1cc(C(=O)O)c(C(=O)O)cc1C(=O)O. The molecule has 0 aliphatic carbocycles. The third kappa shape index (κ3) is 7.93. The number of carbonyl (C=O) groups is 4. The van der Waals surface area contributed by atoms with Crippen molar-refractivity contribution in [1.82, 2.24) is 0 Å². The summed E-state index contributed by atoms with van der Waals surface area (Å²) in [5.41, 5.74) is -2.46. The monoisotopic (exact) mass is 408 g/mol. The van der Waals surface area contributed by atoms with Crippen molar-refractivity contribution in [1.29, 1.82) is 0 Å². The van der Waals surface area contributed by atoms with Crippen LogP contribution in [0.1, 0.15) is 106 Å². The van der Waals surface area contributed by atoms with Crippen molar-refractivity contribution in [3.8, 4) is 0 Å². The van der Waals surface area contributed by atoms with Gasteiger partial charge < -0.3 is 20.1 Å². The third-order valence-corrected chi connectivity index (χ3v) is 4.55. The van der Waals surface area contributed by atoms with Gasteiger partial charge in [-0.1, -0.05) is 58.3 Å². The second kappa shape index (κ2) is 12.5. The first-order chi connectivity index (χ1) is 13.8. The zero-order valence-corrected chi connectivity index (χ0v) is 16.6. The van der Waals surface area contributed by atoms with E-state index >= 15 is 0 Å². The summed E-state index contributed by atoms with van der Waals surface area (Å²) in [5.74, 6) is -5.70. The number of unbranched alkanes of at least 4 members (excludes halogenated alkanes) is 8. The molecule has 29 heavy (non-hydrogen) atoms. The molecule has 8 heteroatoms. The molecule has 0 aliphatic rings. The van der Waals surface area contributed by atoms with Crippen molar-refractivity contribution in [2.24, 2.45) is 0 Å². The average Bonchev–Trinajstić information content (AvgIpc) is 2.67. The molecule has 0 heterocycles. The molecule has 0 aromatic heterocycles. The van der Waals surface area contributed by atoms with Crippen LogP contribution in [0, 0.1) is 0 Å². The Morgan fingerprint density at radius 3 is 1.48 bits per heavy atom. The van der Waals surface area contributed by atoms with Crippen molar-refractivity contribution in [2.45, 2.75) is 64.7 Å². The average molecular weight is 408 g/mol. The van der Waals surface area contributed by atoms with Gasteiger partial charge in [0.05, 0.1) is 28.9 Å². The number of hydrogen-bond acceptors (Lipinski definition) is 5. The highest BCUT2D eigenvalue weighted by Gasteiger charge is 2.26. The summed E-state index contributed by atoms with van der Waals surface area (Å²) >= 11 is 0. The molecule has 0 fully saturated rings. The van der Waals surface area contributed by atoms with Crippen molar-refractivity contribution in [2.75, 3.05) is 6.61 Å². The van der Waals surface area contributed by atoms with Crippen LogP contribution in [-0.4, -0.2) is 45.8 Å². The minimum Gasteiger partial charge on any atom is -0.478 e. The molecule has 3 N–H and O–H groups in total. The van der Waals surface area contributed by atoms with Crippen LogP contribution in [0.5, 0.6) is 0 Å². The van der Waals surface area contributed by atoms with Gasteiger partial charge in [0, 0.05) is 0 Å². The molecule has 0 bridgehead atoms. The smallest absolute Gasteiger partial charge is 0.339 e. The highest BCUT2D eigenvalue weighted by Crippen LogP contribution is 2.20. The molecule has 0 spiro atoms. The number of rotatable bonds is 14. The van der Waals surface area contributed by atoms with Gasteiger partial charge >= 0.3 is 23.9 Å². The van der Waals surface area contributed by atoms with Crippen molar-refractivity contribution in [3.05, 3.63) is 34.4 Å². The largest absolute Gasteiger partial charge is 0.478 e. The molecule has 1 rings (SSSR count). The molecule has 0 unspecified atom stereocenters. The van der Waals surface area contributed by atoms with Crippen LogP contribution in [0.3, 0.4) is 0 Å². The maximum absolute atomic E-state index is 12.2. The molecule has 8 nitrogen and oxygen atoms in total. The normalized spacial score (nSPS) is 10.5. The lowest BCUT2D eigenvalue weighted by molar-refractivity contribution is 0.0486. The number of carboxylic acid groups (broad SMARTS) is 3. The standard InChI is InChI=1S/C21H28O8/c1-2-3-4-5-6-7-8-9-10-11-29-21(28)17-13-15(19(24)25)14(18(22)23)12-16(17)20(26)27/h12-13H,2-11H2,1H3,(H,22,23)(H,24,25)(H,26,27). The Hall–Kier alpha value is -2.90. The Morgan fingerprint density at radius 1 is 0.655 bits per heavy atom. The first kappa shape index (κ1) is 24.1. The molecular formula is C21H28O8. The fourth-order valence-corrected chi connectivity index (χ4v) is 2.95. The summed E-state index contributed by atoms with van der Waals surface area (Å²) in [6, 6.07) is 1.41. The van der Waals surface area contributed by atoms with Crippen LogP contribution in [0.25, 0.3) is 0 Å². The zero-order chi connectivity index (χ0) is 21.8. The van der Waals surface area contributed by atoms with Gasteiger partial charge in [-0.05, 0) is 18.6 Å². The Kier molecular flexibility index (Phi) is 10.4. The summed E-state index contributed by atoms with van der Waals surface area (Å²) in [4.78, 5) is 46.1. The number of benzene rings is 1. The first-order valence-electron chi connectivity index (χ1n) is 9.84. The van der Waals surface area contributed by atoms with Crippen LogP contribution < -0.4 is 0 Å². The van der Waals surface area contributed by atoms with Gasteiger partial charge in [0.25, 0.3) is 0 Å². The summed E-state index contributed by atoms with van der Waals surface area (Å²) in [5, 5.41) is 27.5. The molecule has 1 aromatic rings. The lowest BCUT2D eigenvalue weighted by atomic mass is 9.98. The Balaban J connectivity index is 2.63. The Labute approximate surface area is 169 Å². The minimum atomic E-state index is -1.60. The number of ether oxygens (including phenoxy) is 1. The maximum atomic E-state index is 12.2. The zero-order valence-electron chi connectivity index (χ0n) is 16.6. The Bertz CT molecular complexity index is 738. The maximum Gasteiger partial charge on any atom is 0.339 e. The van der Waals surface area contributed by atoms with Crippen molar-refractivity contribution < 1.29 is 39.2 Å². The van der Waals surface area contributed by atoms with E-state index in [1.807, 2.05) is 0 Å². The number of esters is 1. The lowest BCUT2D eigenvalue weighted by Crippen LogP contribution is -2.17. The van der Waals surface area contributed by atoms with Crippen LogP contribution in [0.2, 0.25) is 0 Å². The van der Waals surface area contributed by atoms with E-state index in [2.05, 4.69) is 6.92 Å². The molecule has 0 amide bonds. The quantitative estimate of drug-likeness (QED) is 0.303. The number of carboxylic acids is 3. The predicted molar refractivity (Wildman–Crippen MR) is 105 cm³/mol.